The minimum atomic E-state index is 0.560. The van der Waals surface area contributed by atoms with Crippen molar-refractivity contribution >= 4 is 23.3 Å². The van der Waals surface area contributed by atoms with E-state index in [1.54, 1.807) is 11.8 Å². The molecule has 0 unspecified atom stereocenters. The van der Waals surface area contributed by atoms with Crippen LogP contribution >= 0.6 is 11.8 Å². The first-order valence-corrected chi connectivity index (χ1v) is 8.64. The van der Waals surface area contributed by atoms with Crippen LogP contribution in [0.4, 0.5) is 11.5 Å². The van der Waals surface area contributed by atoms with E-state index in [-0.39, 0.29) is 0 Å². The molecule has 1 saturated heterocycles. The number of hydrogen-bond donors (Lipinski definition) is 1. The molecule has 3 nitrogen and oxygen atoms in total. The van der Waals surface area contributed by atoms with Gasteiger partial charge in [0.15, 0.2) is 0 Å². The number of nitrogens with zero attached hydrogens (tertiary/aromatic N) is 2. The number of pyridine rings is 1. The summed E-state index contributed by atoms with van der Waals surface area (Å²) in [6.07, 6.45) is 6.28. The van der Waals surface area contributed by atoms with E-state index in [1.165, 1.54) is 10.6 Å². The first-order valence-electron chi connectivity index (χ1n) is 7.42. The molecule has 2 heterocycles. The van der Waals surface area contributed by atoms with Gasteiger partial charge in [0.1, 0.15) is 5.82 Å². The molecular weight excluding hydrogens is 278 g/mol. The highest BCUT2D eigenvalue weighted by Gasteiger charge is 2.19. The summed E-state index contributed by atoms with van der Waals surface area (Å²) in [7, 11) is 0. The minimum Gasteiger partial charge on any atom is -0.382 e. The third kappa shape index (κ3) is 3.70. The van der Waals surface area contributed by atoms with Crippen molar-refractivity contribution in [3.8, 4) is 0 Å². The first-order chi connectivity index (χ1) is 10.3. The van der Waals surface area contributed by atoms with Crippen LogP contribution in [0.3, 0.4) is 0 Å². The summed E-state index contributed by atoms with van der Waals surface area (Å²) >= 11 is 1.78. The molecule has 2 aromatic rings. The Hall–Kier alpha value is -1.68. The van der Waals surface area contributed by atoms with Gasteiger partial charge in [-0.05, 0) is 55.5 Å². The highest BCUT2D eigenvalue weighted by Crippen LogP contribution is 2.22. The van der Waals surface area contributed by atoms with E-state index in [1.807, 2.05) is 12.3 Å². The molecule has 0 saturated carbocycles. The summed E-state index contributed by atoms with van der Waals surface area (Å²) in [4.78, 5) is 8.11. The summed E-state index contributed by atoms with van der Waals surface area (Å²) in [6.45, 7) is 2.13. The molecular formula is C17H21N3S. The van der Waals surface area contributed by atoms with Crippen LogP contribution in [0.1, 0.15) is 12.8 Å². The van der Waals surface area contributed by atoms with Crippen molar-refractivity contribution in [2.45, 2.75) is 23.8 Å². The summed E-state index contributed by atoms with van der Waals surface area (Å²) in [6, 6.07) is 15.4. The van der Waals surface area contributed by atoms with Crippen LogP contribution in [-0.2, 0) is 0 Å². The van der Waals surface area contributed by atoms with Gasteiger partial charge in [-0.1, -0.05) is 6.07 Å². The SMILES string of the molecule is CSc1ccc(NC2CCN(c3ccccn3)CC2)cc1. The highest BCUT2D eigenvalue weighted by atomic mass is 32.2. The second kappa shape index (κ2) is 6.85. The topological polar surface area (TPSA) is 28.2 Å². The van der Waals surface area contributed by atoms with Gasteiger partial charge in [-0.2, -0.15) is 0 Å². The fraction of sp³-hybridized carbons (Fsp3) is 0.353. The predicted octanol–water partition coefficient (Wildman–Crippen LogP) is 3.88. The van der Waals surface area contributed by atoms with Crippen molar-refractivity contribution in [1.29, 1.82) is 0 Å². The van der Waals surface area contributed by atoms with Gasteiger partial charge in [0.2, 0.25) is 0 Å². The zero-order valence-corrected chi connectivity index (χ0v) is 13.1. The van der Waals surface area contributed by atoms with Gasteiger partial charge in [0.25, 0.3) is 0 Å². The quantitative estimate of drug-likeness (QED) is 0.867. The lowest BCUT2D eigenvalue weighted by Gasteiger charge is -2.33. The predicted molar refractivity (Wildman–Crippen MR) is 91.3 cm³/mol. The molecule has 0 amide bonds. The lowest BCUT2D eigenvalue weighted by atomic mass is 10.0. The van der Waals surface area contributed by atoms with Crippen LogP contribution in [-0.4, -0.2) is 30.4 Å². The molecule has 0 radical (unpaired) electrons. The van der Waals surface area contributed by atoms with Crippen LogP contribution in [0.2, 0.25) is 0 Å². The van der Waals surface area contributed by atoms with E-state index >= 15 is 0 Å². The molecule has 1 aromatic carbocycles. The van der Waals surface area contributed by atoms with Crippen LogP contribution in [0.25, 0.3) is 0 Å². The van der Waals surface area contributed by atoms with E-state index in [2.05, 4.69) is 57.9 Å². The van der Waals surface area contributed by atoms with Crippen LogP contribution in [0, 0.1) is 0 Å². The molecule has 3 rings (SSSR count). The maximum atomic E-state index is 4.43. The molecule has 0 aliphatic carbocycles. The van der Waals surface area contributed by atoms with E-state index in [4.69, 9.17) is 0 Å². The fourth-order valence-corrected chi connectivity index (χ4v) is 3.12. The number of thioether (sulfide) groups is 1. The smallest absolute Gasteiger partial charge is 0.128 e. The molecule has 1 aromatic heterocycles. The molecule has 1 N–H and O–H groups in total. The number of nitrogens with one attached hydrogen (secondary N) is 1. The van der Waals surface area contributed by atoms with Crippen molar-refractivity contribution in [1.82, 2.24) is 4.98 Å². The Morgan fingerprint density at radius 1 is 1.10 bits per heavy atom. The van der Waals surface area contributed by atoms with Crippen molar-refractivity contribution in [2.75, 3.05) is 29.6 Å². The first kappa shape index (κ1) is 14.3. The molecule has 0 atom stereocenters. The maximum absolute atomic E-state index is 4.43. The normalized spacial score (nSPS) is 16.0. The molecule has 1 aliphatic rings. The van der Waals surface area contributed by atoms with Crippen LogP contribution < -0.4 is 10.2 Å². The number of aromatic nitrogens is 1. The molecule has 110 valence electrons. The van der Waals surface area contributed by atoms with E-state index < -0.39 is 0 Å². The molecule has 1 fully saturated rings. The molecule has 0 spiro atoms. The fourth-order valence-electron chi connectivity index (χ4n) is 2.72. The van der Waals surface area contributed by atoms with Crippen molar-refractivity contribution in [2.24, 2.45) is 0 Å². The lowest BCUT2D eigenvalue weighted by Crippen LogP contribution is -2.39. The Kier molecular flexibility index (Phi) is 4.65. The molecule has 21 heavy (non-hydrogen) atoms. The average Bonchev–Trinajstić information content (AvgIpc) is 2.57. The zero-order valence-electron chi connectivity index (χ0n) is 12.3. The van der Waals surface area contributed by atoms with E-state index in [0.717, 1.165) is 31.7 Å². The third-order valence-corrected chi connectivity index (χ3v) is 4.67. The highest BCUT2D eigenvalue weighted by molar-refractivity contribution is 7.98. The van der Waals surface area contributed by atoms with Gasteiger partial charge >= 0.3 is 0 Å². The molecule has 0 bridgehead atoms. The second-order valence-electron chi connectivity index (χ2n) is 5.32. The van der Waals surface area contributed by atoms with Gasteiger partial charge in [-0.15, -0.1) is 11.8 Å². The summed E-state index contributed by atoms with van der Waals surface area (Å²) in [5, 5.41) is 3.65. The number of benzene rings is 1. The lowest BCUT2D eigenvalue weighted by molar-refractivity contribution is 0.523. The number of anilines is 2. The van der Waals surface area contributed by atoms with E-state index in [9.17, 15) is 0 Å². The van der Waals surface area contributed by atoms with Gasteiger partial charge in [-0.3, -0.25) is 0 Å². The monoisotopic (exact) mass is 299 g/mol. The Morgan fingerprint density at radius 2 is 1.86 bits per heavy atom. The van der Waals surface area contributed by atoms with Crippen LogP contribution in [0.5, 0.6) is 0 Å². The zero-order chi connectivity index (χ0) is 14.5. The van der Waals surface area contributed by atoms with Gasteiger partial charge < -0.3 is 10.2 Å². The third-order valence-electron chi connectivity index (χ3n) is 3.93. The molecule has 4 heteroatoms. The number of rotatable bonds is 4. The molecule has 1 aliphatic heterocycles. The maximum Gasteiger partial charge on any atom is 0.128 e. The second-order valence-corrected chi connectivity index (χ2v) is 6.20. The largest absolute Gasteiger partial charge is 0.382 e. The Morgan fingerprint density at radius 3 is 2.48 bits per heavy atom. The van der Waals surface area contributed by atoms with Crippen molar-refractivity contribution < 1.29 is 0 Å². The summed E-state index contributed by atoms with van der Waals surface area (Å²) in [5.41, 5.74) is 1.23. The number of hydrogen-bond acceptors (Lipinski definition) is 4. The minimum absolute atomic E-state index is 0.560. The van der Waals surface area contributed by atoms with E-state index in [0.29, 0.717) is 6.04 Å². The Balaban J connectivity index is 1.53. The van der Waals surface area contributed by atoms with Crippen molar-refractivity contribution in [3.05, 3.63) is 48.7 Å². The van der Waals surface area contributed by atoms with Gasteiger partial charge in [-0.25, -0.2) is 4.98 Å². The van der Waals surface area contributed by atoms with Gasteiger partial charge in [0, 0.05) is 35.9 Å². The Labute approximate surface area is 130 Å². The number of piperidine rings is 1. The standard InChI is InChI=1S/C17H21N3S/c1-21-16-7-5-14(6-8-16)19-15-9-12-20(13-10-15)17-4-2-3-11-18-17/h2-8,11,15,19H,9-10,12-13H2,1H3. The Bertz CT molecular complexity index is 548. The summed E-state index contributed by atoms with van der Waals surface area (Å²) in [5.74, 6) is 1.10. The van der Waals surface area contributed by atoms with Crippen molar-refractivity contribution in [3.63, 3.8) is 0 Å². The van der Waals surface area contributed by atoms with Crippen LogP contribution in [0.15, 0.2) is 53.6 Å². The average molecular weight is 299 g/mol. The summed E-state index contributed by atoms with van der Waals surface area (Å²) < 4.78 is 0. The van der Waals surface area contributed by atoms with Gasteiger partial charge in [0.05, 0.1) is 0 Å².